The van der Waals surface area contributed by atoms with Crippen molar-refractivity contribution in [2.45, 2.75) is 44.8 Å². The Labute approximate surface area is 131 Å². The largest absolute Gasteiger partial charge is 0.493 e. The maximum Gasteiger partial charge on any atom is 0.317 e. The predicted molar refractivity (Wildman–Crippen MR) is 84.3 cm³/mol. The van der Waals surface area contributed by atoms with Crippen LogP contribution in [0.4, 0.5) is 4.79 Å². The highest BCUT2D eigenvalue weighted by atomic mass is 16.5. The average molecular weight is 304 g/mol. The number of benzene rings is 1. The number of amides is 2. The molecule has 1 aliphatic heterocycles. The lowest BCUT2D eigenvalue weighted by Gasteiger charge is -2.30. The first-order valence-electron chi connectivity index (χ1n) is 8.12. The van der Waals surface area contributed by atoms with Gasteiger partial charge in [-0.05, 0) is 49.8 Å². The second kappa shape index (κ2) is 6.90. The zero-order valence-corrected chi connectivity index (χ0v) is 13.1. The topological polar surface area (TPSA) is 50.8 Å². The minimum Gasteiger partial charge on any atom is -0.493 e. The Bertz CT molecular complexity index is 523. The van der Waals surface area contributed by atoms with Crippen molar-refractivity contribution in [2.75, 3.05) is 20.2 Å². The van der Waals surface area contributed by atoms with Crippen LogP contribution in [-0.2, 0) is 6.54 Å². The summed E-state index contributed by atoms with van der Waals surface area (Å²) in [4.78, 5) is 13.7. The summed E-state index contributed by atoms with van der Waals surface area (Å²) >= 11 is 0. The summed E-state index contributed by atoms with van der Waals surface area (Å²) in [5.74, 6) is 1.54. The van der Waals surface area contributed by atoms with Crippen LogP contribution in [0.3, 0.4) is 0 Å². The number of rotatable bonds is 5. The molecule has 5 heteroatoms. The third-order valence-electron chi connectivity index (χ3n) is 4.41. The zero-order chi connectivity index (χ0) is 15.4. The molecular formula is C17H24N2O3. The third kappa shape index (κ3) is 3.46. The van der Waals surface area contributed by atoms with Gasteiger partial charge in [-0.3, -0.25) is 0 Å². The first-order chi connectivity index (χ1) is 10.8. The van der Waals surface area contributed by atoms with Crippen LogP contribution in [0.25, 0.3) is 0 Å². The van der Waals surface area contributed by atoms with Crippen LogP contribution in [0.2, 0.25) is 0 Å². The summed E-state index contributed by atoms with van der Waals surface area (Å²) in [6.45, 7) is 2.25. The molecule has 1 saturated heterocycles. The Morgan fingerprint density at radius 2 is 2.00 bits per heavy atom. The van der Waals surface area contributed by atoms with Gasteiger partial charge in [0, 0.05) is 19.6 Å². The van der Waals surface area contributed by atoms with E-state index in [2.05, 4.69) is 5.32 Å². The maximum atomic E-state index is 11.8. The van der Waals surface area contributed by atoms with Crippen molar-refractivity contribution in [3.05, 3.63) is 23.8 Å². The monoisotopic (exact) mass is 304 g/mol. The summed E-state index contributed by atoms with van der Waals surface area (Å²) in [5, 5.41) is 2.95. The standard InChI is InChI=1S/C17H24N2O3/c1-21-15-8-7-13(12-18-17(20)19-9-4-10-19)11-16(15)22-14-5-2-3-6-14/h7-8,11,14H,2-6,9-10,12H2,1H3,(H,18,20). The molecule has 0 radical (unpaired) electrons. The molecule has 3 rings (SSSR count). The van der Waals surface area contributed by atoms with E-state index in [1.54, 1.807) is 7.11 Å². The highest BCUT2D eigenvalue weighted by molar-refractivity contribution is 5.74. The van der Waals surface area contributed by atoms with Gasteiger partial charge in [-0.1, -0.05) is 6.07 Å². The molecule has 22 heavy (non-hydrogen) atoms. The van der Waals surface area contributed by atoms with Gasteiger partial charge in [0.2, 0.25) is 0 Å². The van der Waals surface area contributed by atoms with E-state index in [4.69, 9.17) is 9.47 Å². The van der Waals surface area contributed by atoms with Crippen LogP contribution in [0, 0.1) is 0 Å². The van der Waals surface area contributed by atoms with Gasteiger partial charge in [-0.25, -0.2) is 4.79 Å². The molecule has 1 aliphatic carbocycles. The minimum atomic E-state index is 0.0142. The van der Waals surface area contributed by atoms with Gasteiger partial charge in [-0.2, -0.15) is 0 Å². The highest BCUT2D eigenvalue weighted by Crippen LogP contribution is 2.32. The Balaban J connectivity index is 1.62. The van der Waals surface area contributed by atoms with Gasteiger partial charge >= 0.3 is 6.03 Å². The summed E-state index contributed by atoms with van der Waals surface area (Å²) in [5.41, 5.74) is 1.03. The fraction of sp³-hybridized carbons (Fsp3) is 0.588. The van der Waals surface area contributed by atoms with Crippen molar-refractivity contribution in [2.24, 2.45) is 0 Å². The molecule has 0 atom stereocenters. The van der Waals surface area contributed by atoms with E-state index in [-0.39, 0.29) is 6.03 Å². The molecule has 1 N–H and O–H groups in total. The van der Waals surface area contributed by atoms with E-state index in [1.165, 1.54) is 12.8 Å². The second-order valence-electron chi connectivity index (χ2n) is 6.01. The SMILES string of the molecule is COc1ccc(CNC(=O)N2CCC2)cc1OC1CCCC1. The van der Waals surface area contributed by atoms with E-state index in [9.17, 15) is 4.79 Å². The molecule has 1 saturated carbocycles. The van der Waals surface area contributed by atoms with Gasteiger partial charge < -0.3 is 19.7 Å². The van der Waals surface area contributed by atoms with Crippen molar-refractivity contribution in [1.82, 2.24) is 10.2 Å². The van der Waals surface area contributed by atoms with E-state index >= 15 is 0 Å². The minimum absolute atomic E-state index is 0.0142. The first kappa shape index (κ1) is 15.0. The van der Waals surface area contributed by atoms with Crippen molar-refractivity contribution < 1.29 is 14.3 Å². The lowest BCUT2D eigenvalue weighted by atomic mass is 10.2. The van der Waals surface area contributed by atoms with Crippen LogP contribution >= 0.6 is 0 Å². The Kier molecular flexibility index (Phi) is 4.71. The first-order valence-corrected chi connectivity index (χ1v) is 8.12. The molecule has 0 unspecified atom stereocenters. The summed E-state index contributed by atoms with van der Waals surface area (Å²) < 4.78 is 11.5. The highest BCUT2D eigenvalue weighted by Gasteiger charge is 2.20. The van der Waals surface area contributed by atoms with E-state index in [0.29, 0.717) is 12.6 Å². The maximum absolute atomic E-state index is 11.8. The number of methoxy groups -OCH3 is 1. The third-order valence-corrected chi connectivity index (χ3v) is 4.41. The lowest BCUT2D eigenvalue weighted by Crippen LogP contribution is -2.47. The molecule has 0 spiro atoms. The molecule has 0 aromatic heterocycles. The fourth-order valence-electron chi connectivity index (χ4n) is 2.92. The molecule has 2 fully saturated rings. The summed E-state index contributed by atoms with van der Waals surface area (Å²) in [7, 11) is 1.65. The van der Waals surface area contributed by atoms with E-state index in [0.717, 1.165) is 49.4 Å². The van der Waals surface area contributed by atoms with Gasteiger partial charge in [0.05, 0.1) is 13.2 Å². The molecule has 2 aliphatic rings. The second-order valence-corrected chi connectivity index (χ2v) is 6.01. The number of ether oxygens (including phenoxy) is 2. The van der Waals surface area contributed by atoms with Gasteiger partial charge in [0.1, 0.15) is 0 Å². The van der Waals surface area contributed by atoms with Gasteiger partial charge in [0.15, 0.2) is 11.5 Å². The fourth-order valence-corrected chi connectivity index (χ4v) is 2.92. The molecule has 5 nitrogen and oxygen atoms in total. The Morgan fingerprint density at radius 1 is 1.23 bits per heavy atom. The van der Waals surface area contributed by atoms with Crippen molar-refractivity contribution in [3.8, 4) is 11.5 Å². The number of urea groups is 1. The van der Waals surface area contributed by atoms with Crippen LogP contribution in [-0.4, -0.2) is 37.2 Å². The van der Waals surface area contributed by atoms with E-state index < -0.39 is 0 Å². The van der Waals surface area contributed by atoms with Crippen LogP contribution in [0.15, 0.2) is 18.2 Å². The van der Waals surface area contributed by atoms with Crippen molar-refractivity contribution in [1.29, 1.82) is 0 Å². The molecule has 1 aromatic rings. The van der Waals surface area contributed by atoms with Crippen molar-refractivity contribution >= 4 is 6.03 Å². The number of hydrogen-bond donors (Lipinski definition) is 1. The predicted octanol–water partition coefficient (Wildman–Crippen LogP) is 2.93. The Morgan fingerprint density at radius 3 is 2.64 bits per heavy atom. The number of nitrogens with zero attached hydrogens (tertiary/aromatic N) is 1. The average Bonchev–Trinajstić information content (AvgIpc) is 2.96. The smallest absolute Gasteiger partial charge is 0.317 e. The van der Waals surface area contributed by atoms with E-state index in [1.807, 2.05) is 23.1 Å². The Hall–Kier alpha value is -1.91. The summed E-state index contributed by atoms with van der Waals surface area (Å²) in [6.07, 6.45) is 6.09. The van der Waals surface area contributed by atoms with Crippen LogP contribution in [0.1, 0.15) is 37.7 Å². The molecule has 1 aromatic carbocycles. The lowest BCUT2D eigenvalue weighted by molar-refractivity contribution is 0.167. The molecular weight excluding hydrogens is 280 g/mol. The van der Waals surface area contributed by atoms with Gasteiger partial charge in [0.25, 0.3) is 0 Å². The van der Waals surface area contributed by atoms with Crippen LogP contribution < -0.4 is 14.8 Å². The quantitative estimate of drug-likeness (QED) is 0.910. The zero-order valence-electron chi connectivity index (χ0n) is 13.1. The van der Waals surface area contributed by atoms with Crippen LogP contribution in [0.5, 0.6) is 11.5 Å². The number of carbonyl (C=O) groups excluding carboxylic acids is 1. The molecule has 1 heterocycles. The summed E-state index contributed by atoms with van der Waals surface area (Å²) in [6, 6.07) is 5.87. The normalized spacial score (nSPS) is 18.0. The number of hydrogen-bond acceptors (Lipinski definition) is 3. The number of nitrogens with one attached hydrogen (secondary N) is 1. The number of carbonyl (C=O) groups is 1. The van der Waals surface area contributed by atoms with Crippen molar-refractivity contribution in [3.63, 3.8) is 0 Å². The molecule has 120 valence electrons. The molecule has 2 amide bonds. The number of likely N-dealkylation sites (tertiary alicyclic amines) is 1. The van der Waals surface area contributed by atoms with Gasteiger partial charge in [-0.15, -0.1) is 0 Å². The molecule has 0 bridgehead atoms.